The van der Waals surface area contributed by atoms with Crippen LogP contribution >= 0.6 is 0 Å². The molecule has 148 valence electrons. The Morgan fingerprint density at radius 1 is 0.897 bits per heavy atom. The molecule has 1 aromatic heterocycles. The van der Waals surface area contributed by atoms with Crippen molar-refractivity contribution in [2.24, 2.45) is 5.92 Å². The van der Waals surface area contributed by atoms with Gasteiger partial charge in [0.25, 0.3) is 11.8 Å². The van der Waals surface area contributed by atoms with E-state index in [1.54, 1.807) is 32.0 Å². The SMILES string of the molecule is Cc1cc(C(=O)NNC(=O)c2cc3ccccc3cc2NC(=O)C2CC2)c(C)o1. The molecule has 1 fully saturated rings. The Morgan fingerprint density at radius 2 is 1.52 bits per heavy atom. The van der Waals surface area contributed by atoms with E-state index < -0.39 is 11.8 Å². The molecule has 0 bridgehead atoms. The maximum atomic E-state index is 12.8. The molecule has 7 nitrogen and oxygen atoms in total. The summed E-state index contributed by atoms with van der Waals surface area (Å²) in [6.07, 6.45) is 1.72. The van der Waals surface area contributed by atoms with Gasteiger partial charge in [-0.2, -0.15) is 0 Å². The predicted octanol–water partition coefficient (Wildman–Crippen LogP) is 3.47. The van der Waals surface area contributed by atoms with E-state index in [0.717, 1.165) is 23.6 Å². The van der Waals surface area contributed by atoms with Gasteiger partial charge >= 0.3 is 0 Å². The normalized spacial score (nSPS) is 13.2. The fourth-order valence-corrected chi connectivity index (χ4v) is 3.22. The van der Waals surface area contributed by atoms with Crippen LogP contribution in [0, 0.1) is 19.8 Å². The lowest BCUT2D eigenvalue weighted by atomic mass is 10.0. The highest BCUT2D eigenvalue weighted by molar-refractivity contribution is 6.09. The number of fused-ring (bicyclic) bond motifs is 1. The predicted molar refractivity (Wildman–Crippen MR) is 108 cm³/mol. The third-order valence-corrected chi connectivity index (χ3v) is 4.91. The summed E-state index contributed by atoms with van der Waals surface area (Å²) in [6.45, 7) is 3.42. The summed E-state index contributed by atoms with van der Waals surface area (Å²) >= 11 is 0. The van der Waals surface area contributed by atoms with Crippen molar-refractivity contribution in [3.05, 3.63) is 65.1 Å². The molecule has 0 radical (unpaired) electrons. The topological polar surface area (TPSA) is 100 Å². The van der Waals surface area contributed by atoms with Crippen molar-refractivity contribution in [3.8, 4) is 0 Å². The van der Waals surface area contributed by atoms with Crippen LogP contribution in [0.5, 0.6) is 0 Å². The van der Waals surface area contributed by atoms with Crippen LogP contribution < -0.4 is 16.2 Å². The molecular weight excluding hydrogens is 370 g/mol. The molecule has 0 atom stereocenters. The molecule has 7 heteroatoms. The van der Waals surface area contributed by atoms with E-state index in [1.807, 2.05) is 24.3 Å². The van der Waals surface area contributed by atoms with Gasteiger partial charge in [-0.25, -0.2) is 0 Å². The Bertz CT molecular complexity index is 1130. The first-order valence-corrected chi connectivity index (χ1v) is 9.44. The molecule has 1 aliphatic rings. The van der Waals surface area contributed by atoms with Gasteiger partial charge in [-0.15, -0.1) is 0 Å². The summed E-state index contributed by atoms with van der Waals surface area (Å²) in [5.74, 6) is -0.00620. The second-order valence-electron chi connectivity index (χ2n) is 7.24. The number of hydrazine groups is 1. The largest absolute Gasteiger partial charge is 0.466 e. The number of rotatable bonds is 4. The minimum atomic E-state index is -0.520. The average molecular weight is 391 g/mol. The van der Waals surface area contributed by atoms with Gasteiger partial charge in [0.2, 0.25) is 5.91 Å². The van der Waals surface area contributed by atoms with Crippen LogP contribution in [-0.4, -0.2) is 17.7 Å². The summed E-state index contributed by atoms with van der Waals surface area (Å²) in [5.41, 5.74) is 5.88. The molecule has 3 aromatic rings. The third-order valence-electron chi connectivity index (χ3n) is 4.91. The van der Waals surface area contributed by atoms with Crippen LogP contribution in [0.15, 0.2) is 46.9 Å². The van der Waals surface area contributed by atoms with Crippen LogP contribution in [0.3, 0.4) is 0 Å². The fraction of sp³-hybridized carbons (Fsp3) is 0.227. The zero-order valence-electron chi connectivity index (χ0n) is 16.2. The Balaban J connectivity index is 1.57. The molecule has 3 N–H and O–H groups in total. The van der Waals surface area contributed by atoms with E-state index in [2.05, 4.69) is 16.2 Å². The number of carbonyl (C=O) groups is 3. The molecule has 1 heterocycles. The van der Waals surface area contributed by atoms with Crippen molar-refractivity contribution in [2.45, 2.75) is 26.7 Å². The van der Waals surface area contributed by atoms with Gasteiger partial charge in [0.05, 0.1) is 16.8 Å². The number of hydrogen-bond donors (Lipinski definition) is 3. The molecule has 0 aliphatic heterocycles. The Hall–Kier alpha value is -3.61. The van der Waals surface area contributed by atoms with Crippen molar-refractivity contribution in [1.82, 2.24) is 10.9 Å². The maximum absolute atomic E-state index is 12.8. The minimum Gasteiger partial charge on any atom is -0.466 e. The van der Waals surface area contributed by atoms with E-state index in [4.69, 9.17) is 4.42 Å². The Morgan fingerprint density at radius 3 is 2.10 bits per heavy atom. The number of aryl methyl sites for hydroxylation is 2. The Kier molecular flexibility index (Phi) is 4.80. The van der Waals surface area contributed by atoms with Crippen molar-refractivity contribution in [2.75, 3.05) is 5.32 Å². The number of hydrogen-bond acceptors (Lipinski definition) is 4. The lowest BCUT2D eigenvalue weighted by Gasteiger charge is -2.13. The number of anilines is 1. The van der Waals surface area contributed by atoms with Gasteiger partial charge in [-0.3, -0.25) is 25.2 Å². The van der Waals surface area contributed by atoms with Crippen molar-refractivity contribution in [3.63, 3.8) is 0 Å². The Labute approximate surface area is 167 Å². The number of benzene rings is 2. The fourth-order valence-electron chi connectivity index (χ4n) is 3.22. The quantitative estimate of drug-likeness (QED) is 0.593. The van der Waals surface area contributed by atoms with Crippen molar-refractivity contribution >= 4 is 34.2 Å². The summed E-state index contributed by atoms with van der Waals surface area (Å²) in [7, 11) is 0. The molecule has 3 amide bonds. The van der Waals surface area contributed by atoms with Gasteiger partial charge in [-0.1, -0.05) is 24.3 Å². The van der Waals surface area contributed by atoms with Crippen LogP contribution in [0.25, 0.3) is 10.8 Å². The first kappa shape index (κ1) is 18.7. The molecule has 0 unspecified atom stereocenters. The molecular formula is C22H21N3O4. The molecule has 0 saturated heterocycles. The molecule has 1 saturated carbocycles. The van der Waals surface area contributed by atoms with Gasteiger partial charge in [-0.05, 0) is 55.7 Å². The van der Waals surface area contributed by atoms with Crippen LogP contribution in [0.1, 0.15) is 45.1 Å². The van der Waals surface area contributed by atoms with Gasteiger partial charge in [0, 0.05) is 5.92 Å². The highest BCUT2D eigenvalue weighted by atomic mass is 16.3. The zero-order valence-corrected chi connectivity index (χ0v) is 16.2. The summed E-state index contributed by atoms with van der Waals surface area (Å²) < 4.78 is 5.35. The van der Waals surface area contributed by atoms with E-state index in [0.29, 0.717) is 22.8 Å². The molecule has 4 rings (SSSR count). The average Bonchev–Trinajstić information content (AvgIpc) is 3.49. The van der Waals surface area contributed by atoms with Crippen LogP contribution in [0.4, 0.5) is 5.69 Å². The van der Waals surface area contributed by atoms with Gasteiger partial charge in [0.1, 0.15) is 11.5 Å². The summed E-state index contributed by atoms with van der Waals surface area (Å²) in [6, 6.07) is 12.6. The lowest BCUT2D eigenvalue weighted by Crippen LogP contribution is -2.42. The van der Waals surface area contributed by atoms with Crippen molar-refractivity contribution < 1.29 is 18.8 Å². The monoisotopic (exact) mass is 391 g/mol. The van der Waals surface area contributed by atoms with Crippen LogP contribution in [-0.2, 0) is 4.79 Å². The number of amides is 3. The van der Waals surface area contributed by atoms with Crippen LogP contribution in [0.2, 0.25) is 0 Å². The zero-order chi connectivity index (χ0) is 20.5. The molecule has 1 aliphatic carbocycles. The summed E-state index contributed by atoms with van der Waals surface area (Å²) in [4.78, 5) is 37.4. The second kappa shape index (κ2) is 7.43. The molecule has 2 aromatic carbocycles. The van der Waals surface area contributed by atoms with E-state index in [9.17, 15) is 14.4 Å². The summed E-state index contributed by atoms with van der Waals surface area (Å²) in [5, 5.41) is 4.61. The third kappa shape index (κ3) is 3.99. The smallest absolute Gasteiger partial charge is 0.273 e. The van der Waals surface area contributed by atoms with E-state index >= 15 is 0 Å². The molecule has 29 heavy (non-hydrogen) atoms. The van der Waals surface area contributed by atoms with E-state index in [1.165, 1.54) is 0 Å². The number of furan rings is 1. The van der Waals surface area contributed by atoms with Gasteiger partial charge in [0.15, 0.2) is 0 Å². The van der Waals surface area contributed by atoms with Gasteiger partial charge < -0.3 is 9.73 Å². The molecule has 0 spiro atoms. The van der Waals surface area contributed by atoms with Crippen molar-refractivity contribution in [1.29, 1.82) is 0 Å². The minimum absolute atomic E-state index is 0.00406. The van der Waals surface area contributed by atoms with E-state index in [-0.39, 0.29) is 17.4 Å². The number of nitrogens with one attached hydrogen (secondary N) is 3. The highest BCUT2D eigenvalue weighted by Gasteiger charge is 2.30. The highest BCUT2D eigenvalue weighted by Crippen LogP contribution is 2.32. The second-order valence-corrected chi connectivity index (χ2v) is 7.24. The first-order chi connectivity index (χ1) is 13.9. The first-order valence-electron chi connectivity index (χ1n) is 9.44. The number of carbonyl (C=O) groups excluding carboxylic acids is 3. The standard InChI is InChI=1S/C22H21N3O4/c1-12-9-17(13(2)29-12)21(27)24-25-22(28)18-10-15-5-3-4-6-16(15)11-19(18)23-20(26)14-7-8-14/h3-6,9-11,14H,7-8H2,1-2H3,(H,23,26)(H,24,27)(H,25,28). The maximum Gasteiger partial charge on any atom is 0.273 e. The lowest BCUT2D eigenvalue weighted by molar-refractivity contribution is -0.117.